The van der Waals surface area contributed by atoms with Gasteiger partial charge in [0, 0.05) is 24.2 Å². The molecule has 1 aliphatic heterocycles. The molecule has 1 aliphatic rings. The zero-order chi connectivity index (χ0) is 21.9. The van der Waals surface area contributed by atoms with Gasteiger partial charge in [-0.15, -0.1) is 0 Å². The largest absolute Gasteiger partial charge is 0.496 e. The van der Waals surface area contributed by atoms with Crippen LogP contribution in [0.1, 0.15) is 34.5 Å². The van der Waals surface area contributed by atoms with E-state index in [4.69, 9.17) is 4.74 Å². The molecular formula is C23H29N3O4. The van der Waals surface area contributed by atoms with Gasteiger partial charge >= 0.3 is 0 Å². The van der Waals surface area contributed by atoms with E-state index in [1.165, 1.54) is 11.8 Å². The number of rotatable bonds is 8. The molecule has 30 heavy (non-hydrogen) atoms. The second kappa shape index (κ2) is 8.85. The van der Waals surface area contributed by atoms with Gasteiger partial charge in [-0.1, -0.05) is 36.4 Å². The molecule has 0 bridgehead atoms. The number of amides is 2. The predicted molar refractivity (Wildman–Crippen MR) is 114 cm³/mol. The Morgan fingerprint density at radius 3 is 2.57 bits per heavy atom. The molecule has 2 atom stereocenters. The highest BCUT2D eigenvalue weighted by Gasteiger charge is 2.37. The fourth-order valence-corrected chi connectivity index (χ4v) is 3.78. The Morgan fingerprint density at radius 2 is 1.90 bits per heavy atom. The van der Waals surface area contributed by atoms with Gasteiger partial charge in [-0.25, -0.2) is 0 Å². The lowest BCUT2D eigenvalue weighted by molar-refractivity contribution is -0.139. The van der Waals surface area contributed by atoms with Crippen LogP contribution in [0, 0.1) is 0 Å². The summed E-state index contributed by atoms with van der Waals surface area (Å²) in [5, 5.41) is 13.7. The van der Waals surface area contributed by atoms with Crippen LogP contribution in [0.2, 0.25) is 0 Å². The van der Waals surface area contributed by atoms with Crippen molar-refractivity contribution in [2.45, 2.75) is 25.1 Å². The van der Waals surface area contributed by atoms with E-state index in [1.54, 1.807) is 13.2 Å². The number of hydrogen-bond donors (Lipinski definition) is 2. The van der Waals surface area contributed by atoms with Gasteiger partial charge < -0.3 is 25.0 Å². The van der Waals surface area contributed by atoms with Crippen LogP contribution in [0.4, 0.5) is 0 Å². The average Bonchev–Trinajstić information content (AvgIpc) is 3.03. The van der Waals surface area contributed by atoms with E-state index in [9.17, 15) is 14.7 Å². The molecule has 2 aromatic carbocycles. The number of nitrogens with zero attached hydrogens (tertiary/aromatic N) is 2. The van der Waals surface area contributed by atoms with E-state index in [0.29, 0.717) is 12.1 Å². The zero-order valence-electron chi connectivity index (χ0n) is 17.9. The summed E-state index contributed by atoms with van der Waals surface area (Å²) in [6.45, 7) is 2.04. The van der Waals surface area contributed by atoms with Crippen LogP contribution in [0.5, 0.6) is 5.75 Å². The number of para-hydroxylation sites is 1. The van der Waals surface area contributed by atoms with E-state index >= 15 is 0 Å². The molecule has 0 saturated carbocycles. The van der Waals surface area contributed by atoms with Crippen LogP contribution >= 0.6 is 0 Å². The number of hydrogen-bond acceptors (Lipinski definition) is 5. The molecule has 0 unspecified atom stereocenters. The molecule has 0 aliphatic carbocycles. The lowest BCUT2D eigenvalue weighted by Crippen LogP contribution is -2.53. The first-order chi connectivity index (χ1) is 14.2. The topological polar surface area (TPSA) is 82.1 Å². The van der Waals surface area contributed by atoms with E-state index in [-0.39, 0.29) is 25.0 Å². The highest BCUT2D eigenvalue weighted by molar-refractivity contribution is 5.98. The third-order valence-corrected chi connectivity index (χ3v) is 5.46. The summed E-state index contributed by atoms with van der Waals surface area (Å²) in [6.07, 6.45) is 0. The number of ether oxygens (including phenoxy) is 1. The molecule has 0 aromatic heterocycles. The molecule has 1 heterocycles. The standard InChI is InChI=1S/C23H29N3O4/c1-23(29,15-26-14-16-9-5-6-10-17(16)21(26)27)22(28)24-13-19(25(2)3)18-11-7-8-12-20(18)30-4/h5-12,19,29H,13-15H2,1-4H3,(H,24,28)/t19-,23+/m0/s1. The highest BCUT2D eigenvalue weighted by Crippen LogP contribution is 2.28. The van der Waals surface area contributed by atoms with Gasteiger partial charge in [-0.3, -0.25) is 9.59 Å². The van der Waals surface area contributed by atoms with Crippen molar-refractivity contribution >= 4 is 11.8 Å². The maximum absolute atomic E-state index is 12.8. The number of fused-ring (bicyclic) bond motifs is 1. The van der Waals surface area contributed by atoms with E-state index in [2.05, 4.69) is 5.32 Å². The number of nitrogens with one attached hydrogen (secondary N) is 1. The Balaban J connectivity index is 1.66. The minimum atomic E-state index is -1.71. The summed E-state index contributed by atoms with van der Waals surface area (Å²) in [4.78, 5) is 28.9. The van der Waals surface area contributed by atoms with Crippen LogP contribution in [-0.4, -0.2) is 66.6 Å². The Bertz CT molecular complexity index is 926. The van der Waals surface area contributed by atoms with Crippen LogP contribution in [0.3, 0.4) is 0 Å². The quantitative estimate of drug-likeness (QED) is 0.693. The monoisotopic (exact) mass is 411 g/mol. The molecule has 7 heteroatoms. The fourth-order valence-electron chi connectivity index (χ4n) is 3.78. The first-order valence-corrected chi connectivity index (χ1v) is 9.92. The predicted octanol–water partition coefficient (Wildman–Crippen LogP) is 1.82. The first-order valence-electron chi connectivity index (χ1n) is 9.92. The zero-order valence-corrected chi connectivity index (χ0v) is 17.9. The second-order valence-corrected chi connectivity index (χ2v) is 8.02. The minimum Gasteiger partial charge on any atom is -0.496 e. The van der Waals surface area contributed by atoms with Crippen molar-refractivity contribution < 1.29 is 19.4 Å². The van der Waals surface area contributed by atoms with Crippen molar-refractivity contribution in [3.63, 3.8) is 0 Å². The number of methoxy groups -OCH3 is 1. The summed E-state index contributed by atoms with van der Waals surface area (Å²) in [7, 11) is 5.45. The SMILES string of the molecule is COc1ccccc1[C@H](CNC(=O)[C@](C)(O)CN1Cc2ccccc2C1=O)N(C)C. The van der Waals surface area contributed by atoms with Gasteiger partial charge in [0.05, 0.1) is 19.7 Å². The lowest BCUT2D eigenvalue weighted by atomic mass is 10.0. The average molecular weight is 412 g/mol. The number of carbonyl (C=O) groups excluding carboxylic acids is 2. The number of aliphatic hydroxyl groups is 1. The normalized spacial score (nSPS) is 16.2. The van der Waals surface area contributed by atoms with Crippen LogP contribution < -0.4 is 10.1 Å². The third-order valence-electron chi connectivity index (χ3n) is 5.46. The Labute approximate surface area is 177 Å². The summed E-state index contributed by atoms with van der Waals surface area (Å²) in [6, 6.07) is 14.8. The molecule has 2 N–H and O–H groups in total. The molecule has 0 saturated heterocycles. The van der Waals surface area contributed by atoms with Gasteiger partial charge in [0.25, 0.3) is 11.8 Å². The smallest absolute Gasteiger partial charge is 0.254 e. The van der Waals surface area contributed by atoms with Crippen molar-refractivity contribution in [2.75, 3.05) is 34.3 Å². The molecule has 2 amide bonds. The summed E-state index contributed by atoms with van der Waals surface area (Å²) < 4.78 is 5.45. The van der Waals surface area contributed by atoms with Gasteiger partial charge in [0.2, 0.25) is 0 Å². The minimum absolute atomic E-state index is 0.0758. The Hall–Kier alpha value is -2.90. The van der Waals surface area contributed by atoms with Crippen molar-refractivity contribution in [1.29, 1.82) is 0 Å². The molecule has 2 aromatic rings. The van der Waals surface area contributed by atoms with Crippen molar-refractivity contribution in [3.05, 3.63) is 65.2 Å². The first kappa shape index (κ1) is 21.8. The van der Waals surface area contributed by atoms with Gasteiger partial charge in [0.15, 0.2) is 5.60 Å². The van der Waals surface area contributed by atoms with Gasteiger partial charge in [0.1, 0.15) is 5.75 Å². The summed E-state index contributed by atoms with van der Waals surface area (Å²) >= 11 is 0. The number of β-amino-alcohol motifs (C(OH)–C–C–N with tert-alkyl or cyclic N) is 1. The molecule has 160 valence electrons. The molecule has 7 nitrogen and oxygen atoms in total. The summed E-state index contributed by atoms with van der Waals surface area (Å²) in [5.41, 5.74) is 0.755. The van der Waals surface area contributed by atoms with E-state index in [1.807, 2.05) is 61.5 Å². The molecule has 3 rings (SSSR count). The van der Waals surface area contributed by atoms with E-state index in [0.717, 1.165) is 16.9 Å². The molecular weight excluding hydrogens is 382 g/mol. The molecule has 0 radical (unpaired) electrons. The van der Waals surface area contributed by atoms with Crippen LogP contribution in [0.25, 0.3) is 0 Å². The molecule has 0 spiro atoms. The van der Waals surface area contributed by atoms with Crippen molar-refractivity contribution in [1.82, 2.24) is 15.1 Å². The number of carbonyl (C=O) groups is 2. The number of likely N-dealkylation sites (N-methyl/N-ethyl adjacent to an activating group) is 1. The lowest BCUT2D eigenvalue weighted by Gasteiger charge is -2.30. The van der Waals surface area contributed by atoms with Crippen molar-refractivity contribution in [3.8, 4) is 5.75 Å². The molecule has 0 fully saturated rings. The summed E-state index contributed by atoms with van der Waals surface area (Å²) in [5.74, 6) is 0.0458. The number of benzene rings is 2. The third kappa shape index (κ3) is 4.47. The Morgan fingerprint density at radius 1 is 1.23 bits per heavy atom. The van der Waals surface area contributed by atoms with Crippen LogP contribution in [-0.2, 0) is 11.3 Å². The fraction of sp³-hybridized carbons (Fsp3) is 0.391. The van der Waals surface area contributed by atoms with Gasteiger partial charge in [-0.05, 0) is 38.7 Å². The maximum atomic E-state index is 12.8. The van der Waals surface area contributed by atoms with E-state index < -0.39 is 11.5 Å². The maximum Gasteiger partial charge on any atom is 0.254 e. The van der Waals surface area contributed by atoms with Gasteiger partial charge in [-0.2, -0.15) is 0 Å². The van der Waals surface area contributed by atoms with Crippen LogP contribution in [0.15, 0.2) is 48.5 Å². The van der Waals surface area contributed by atoms with Crippen molar-refractivity contribution in [2.24, 2.45) is 0 Å². The second-order valence-electron chi connectivity index (χ2n) is 8.02. The highest BCUT2D eigenvalue weighted by atomic mass is 16.5. The Kier molecular flexibility index (Phi) is 6.43.